The normalized spacial score (nSPS) is 31.0. The molecule has 118 valence electrons. The van der Waals surface area contributed by atoms with Crippen molar-refractivity contribution >= 4 is 11.9 Å². The molecule has 2 N–H and O–H groups in total. The van der Waals surface area contributed by atoms with Gasteiger partial charge in [0, 0.05) is 0 Å². The Hall–Kier alpha value is -1.84. The fraction of sp³-hybridized carbons (Fsp3) is 0.556. The largest absolute Gasteiger partial charge is 0.481 e. The van der Waals surface area contributed by atoms with Crippen molar-refractivity contribution < 1.29 is 14.7 Å². The Morgan fingerprint density at radius 2 is 1.82 bits per heavy atom. The smallest absolute Gasteiger partial charge is 0.307 e. The summed E-state index contributed by atoms with van der Waals surface area (Å²) in [6.45, 7) is 2.04. The zero-order chi connectivity index (χ0) is 15.7. The summed E-state index contributed by atoms with van der Waals surface area (Å²) in [5.74, 6) is -1.29. The third-order valence-electron chi connectivity index (χ3n) is 5.43. The van der Waals surface area contributed by atoms with Gasteiger partial charge in [0.1, 0.15) is 0 Å². The number of hydrogen-bond donors (Lipinski definition) is 2. The van der Waals surface area contributed by atoms with Crippen molar-refractivity contribution in [3.8, 4) is 0 Å². The molecular weight excluding hydrogens is 278 g/mol. The maximum atomic E-state index is 12.7. The van der Waals surface area contributed by atoms with Crippen LogP contribution in [0.3, 0.4) is 0 Å². The highest BCUT2D eigenvalue weighted by molar-refractivity contribution is 5.86. The number of hydrogen-bond acceptors (Lipinski definition) is 2. The lowest BCUT2D eigenvalue weighted by molar-refractivity contribution is -0.149. The molecule has 0 heterocycles. The zero-order valence-corrected chi connectivity index (χ0v) is 12.9. The van der Waals surface area contributed by atoms with E-state index in [-0.39, 0.29) is 29.7 Å². The lowest BCUT2D eigenvalue weighted by Crippen LogP contribution is -2.42. The number of fused-ring (bicyclic) bond motifs is 2. The van der Waals surface area contributed by atoms with Gasteiger partial charge in [-0.3, -0.25) is 9.59 Å². The van der Waals surface area contributed by atoms with Crippen LogP contribution in [0.25, 0.3) is 0 Å². The second kappa shape index (κ2) is 6.11. The molecular formula is C18H23NO3. The van der Waals surface area contributed by atoms with E-state index in [1.165, 1.54) is 0 Å². The van der Waals surface area contributed by atoms with Crippen LogP contribution >= 0.6 is 0 Å². The summed E-state index contributed by atoms with van der Waals surface area (Å²) in [6.07, 6.45) is 3.65. The van der Waals surface area contributed by atoms with Crippen LogP contribution in [0.1, 0.15) is 44.2 Å². The van der Waals surface area contributed by atoms with E-state index < -0.39 is 11.9 Å². The molecule has 0 unspecified atom stereocenters. The van der Waals surface area contributed by atoms with E-state index in [4.69, 9.17) is 0 Å². The van der Waals surface area contributed by atoms with Crippen LogP contribution in [-0.4, -0.2) is 17.0 Å². The van der Waals surface area contributed by atoms with E-state index in [1.54, 1.807) is 0 Å². The molecule has 2 aliphatic rings. The van der Waals surface area contributed by atoms with Gasteiger partial charge < -0.3 is 10.4 Å². The van der Waals surface area contributed by atoms with Gasteiger partial charge in [0.05, 0.1) is 17.9 Å². The average molecular weight is 301 g/mol. The van der Waals surface area contributed by atoms with Gasteiger partial charge in [0.2, 0.25) is 5.91 Å². The van der Waals surface area contributed by atoms with Crippen molar-refractivity contribution in [2.24, 2.45) is 23.7 Å². The molecule has 0 aromatic heterocycles. The van der Waals surface area contributed by atoms with Crippen LogP contribution in [0.15, 0.2) is 30.3 Å². The minimum atomic E-state index is -0.805. The summed E-state index contributed by atoms with van der Waals surface area (Å²) in [7, 11) is 0. The van der Waals surface area contributed by atoms with Gasteiger partial charge in [-0.05, 0) is 43.1 Å². The SMILES string of the molecule is CC[C@@H](NC(=O)[C@@H]1[C@H]2CC[C@@H](C2)[C@@H]1C(=O)O)c1ccccc1. The molecule has 1 amide bonds. The van der Waals surface area contributed by atoms with Gasteiger partial charge in [-0.15, -0.1) is 0 Å². The van der Waals surface area contributed by atoms with Crippen LogP contribution < -0.4 is 5.32 Å². The molecule has 3 rings (SSSR count). The molecule has 2 fully saturated rings. The Kier molecular flexibility index (Phi) is 4.19. The summed E-state index contributed by atoms with van der Waals surface area (Å²) >= 11 is 0. The first-order valence-corrected chi connectivity index (χ1v) is 8.20. The monoisotopic (exact) mass is 301 g/mol. The second-order valence-corrected chi connectivity index (χ2v) is 6.60. The second-order valence-electron chi connectivity index (χ2n) is 6.60. The number of carboxylic acid groups (broad SMARTS) is 1. The third kappa shape index (κ3) is 2.62. The lowest BCUT2D eigenvalue weighted by atomic mass is 9.78. The number of benzene rings is 1. The number of carboxylic acids is 1. The maximum absolute atomic E-state index is 12.7. The minimum Gasteiger partial charge on any atom is -0.481 e. The van der Waals surface area contributed by atoms with Crippen LogP contribution in [0.4, 0.5) is 0 Å². The quantitative estimate of drug-likeness (QED) is 0.878. The molecule has 0 aliphatic heterocycles. The molecule has 4 heteroatoms. The van der Waals surface area contributed by atoms with Crippen molar-refractivity contribution in [1.82, 2.24) is 5.32 Å². The maximum Gasteiger partial charge on any atom is 0.307 e. The Morgan fingerprint density at radius 1 is 1.18 bits per heavy atom. The average Bonchev–Trinajstić information content (AvgIpc) is 3.14. The van der Waals surface area contributed by atoms with E-state index in [0.717, 1.165) is 31.2 Å². The van der Waals surface area contributed by atoms with Gasteiger partial charge in [-0.25, -0.2) is 0 Å². The molecule has 4 nitrogen and oxygen atoms in total. The van der Waals surface area contributed by atoms with Gasteiger partial charge in [-0.2, -0.15) is 0 Å². The molecule has 2 saturated carbocycles. The summed E-state index contributed by atoms with van der Waals surface area (Å²) < 4.78 is 0. The molecule has 0 radical (unpaired) electrons. The molecule has 5 atom stereocenters. The first-order valence-electron chi connectivity index (χ1n) is 8.20. The van der Waals surface area contributed by atoms with E-state index in [9.17, 15) is 14.7 Å². The minimum absolute atomic E-state index is 0.0396. The van der Waals surface area contributed by atoms with Crippen molar-refractivity contribution in [2.75, 3.05) is 0 Å². The molecule has 0 spiro atoms. The molecule has 2 aliphatic carbocycles. The fourth-order valence-electron chi connectivity index (χ4n) is 4.40. The van der Waals surface area contributed by atoms with E-state index >= 15 is 0 Å². The van der Waals surface area contributed by atoms with Crippen molar-refractivity contribution in [3.05, 3.63) is 35.9 Å². The van der Waals surface area contributed by atoms with Gasteiger partial charge in [0.15, 0.2) is 0 Å². The Labute approximate surface area is 130 Å². The molecule has 1 aromatic rings. The highest BCUT2D eigenvalue weighted by Crippen LogP contribution is 2.52. The summed E-state index contributed by atoms with van der Waals surface area (Å²) in [5.41, 5.74) is 1.08. The molecule has 2 bridgehead atoms. The standard InChI is InChI=1S/C18H23NO3/c1-2-14(11-6-4-3-5-7-11)19-17(20)15-12-8-9-13(10-12)16(15)18(21)22/h3-7,12-16H,2,8-10H2,1H3,(H,19,20)(H,21,22)/t12-,13-,14+,15+,16-/m0/s1. The number of amides is 1. The van der Waals surface area contributed by atoms with Crippen LogP contribution in [-0.2, 0) is 9.59 Å². The highest BCUT2D eigenvalue weighted by Gasteiger charge is 2.54. The zero-order valence-electron chi connectivity index (χ0n) is 12.9. The van der Waals surface area contributed by atoms with E-state index in [1.807, 2.05) is 37.3 Å². The summed E-state index contributed by atoms with van der Waals surface area (Å²) in [5, 5.41) is 12.6. The fourth-order valence-corrected chi connectivity index (χ4v) is 4.40. The predicted molar refractivity (Wildman–Crippen MR) is 83.1 cm³/mol. The van der Waals surface area contributed by atoms with Crippen LogP contribution in [0, 0.1) is 23.7 Å². The predicted octanol–water partition coefficient (Wildman–Crippen LogP) is 3.00. The lowest BCUT2D eigenvalue weighted by Gasteiger charge is -2.29. The number of aliphatic carboxylic acids is 1. The first kappa shape index (κ1) is 15.1. The van der Waals surface area contributed by atoms with Crippen molar-refractivity contribution in [1.29, 1.82) is 0 Å². The first-order chi connectivity index (χ1) is 10.6. The van der Waals surface area contributed by atoms with Crippen molar-refractivity contribution in [2.45, 2.75) is 38.6 Å². The van der Waals surface area contributed by atoms with Gasteiger partial charge in [-0.1, -0.05) is 37.3 Å². The van der Waals surface area contributed by atoms with E-state index in [2.05, 4.69) is 5.32 Å². The summed E-state index contributed by atoms with van der Waals surface area (Å²) in [4.78, 5) is 24.3. The summed E-state index contributed by atoms with van der Waals surface area (Å²) in [6, 6.07) is 9.84. The molecule has 22 heavy (non-hydrogen) atoms. The Morgan fingerprint density at radius 3 is 2.41 bits per heavy atom. The van der Waals surface area contributed by atoms with Gasteiger partial charge in [0.25, 0.3) is 0 Å². The molecule has 1 aromatic carbocycles. The van der Waals surface area contributed by atoms with Gasteiger partial charge >= 0.3 is 5.97 Å². The third-order valence-corrected chi connectivity index (χ3v) is 5.43. The topological polar surface area (TPSA) is 66.4 Å². The van der Waals surface area contributed by atoms with Crippen LogP contribution in [0.5, 0.6) is 0 Å². The Bertz CT molecular complexity index is 557. The number of carbonyl (C=O) groups is 2. The number of carbonyl (C=O) groups excluding carboxylic acids is 1. The molecule has 0 saturated heterocycles. The number of rotatable bonds is 5. The van der Waals surface area contributed by atoms with Crippen molar-refractivity contribution in [3.63, 3.8) is 0 Å². The number of nitrogens with one attached hydrogen (secondary N) is 1. The van der Waals surface area contributed by atoms with Crippen LogP contribution in [0.2, 0.25) is 0 Å². The van der Waals surface area contributed by atoms with E-state index in [0.29, 0.717) is 0 Å². The Balaban J connectivity index is 1.74. The highest BCUT2D eigenvalue weighted by atomic mass is 16.4.